The minimum absolute atomic E-state index is 0.0440. The largest absolute Gasteiger partial charge is 0.354 e. The molecule has 1 saturated heterocycles. The Labute approximate surface area is 243 Å². The van der Waals surface area contributed by atoms with Crippen molar-refractivity contribution in [3.8, 4) is 5.69 Å². The van der Waals surface area contributed by atoms with Crippen LogP contribution in [-0.2, 0) is 6.42 Å². The molecular formula is C32H31N7O3. The van der Waals surface area contributed by atoms with Gasteiger partial charge in [0.15, 0.2) is 5.65 Å². The van der Waals surface area contributed by atoms with Gasteiger partial charge in [-0.05, 0) is 44.0 Å². The van der Waals surface area contributed by atoms with Crippen LogP contribution in [0.25, 0.3) is 16.7 Å². The maximum absolute atomic E-state index is 13.4. The number of benzene rings is 3. The number of carbonyl (C=O) groups is 1. The first-order chi connectivity index (χ1) is 20.4. The lowest BCUT2D eigenvalue weighted by atomic mass is 10.1. The number of nitro benzene ring substituents is 1. The molecule has 0 atom stereocenters. The molecule has 10 nitrogen and oxygen atoms in total. The van der Waals surface area contributed by atoms with Crippen molar-refractivity contribution < 1.29 is 9.72 Å². The van der Waals surface area contributed by atoms with Gasteiger partial charge in [0.25, 0.3) is 11.6 Å². The first-order valence-corrected chi connectivity index (χ1v) is 14.0. The van der Waals surface area contributed by atoms with E-state index in [-0.39, 0.29) is 11.6 Å². The lowest BCUT2D eigenvalue weighted by Crippen LogP contribution is -2.35. The molecule has 0 saturated carbocycles. The van der Waals surface area contributed by atoms with Crippen LogP contribution in [0, 0.1) is 24.0 Å². The molecule has 1 aliphatic heterocycles. The van der Waals surface area contributed by atoms with E-state index in [0.29, 0.717) is 49.6 Å². The second-order valence-electron chi connectivity index (χ2n) is 10.5. The first-order valence-electron chi connectivity index (χ1n) is 14.0. The molecule has 5 aromatic rings. The predicted octanol–water partition coefficient (Wildman–Crippen LogP) is 5.28. The van der Waals surface area contributed by atoms with Crippen molar-refractivity contribution >= 4 is 28.4 Å². The molecule has 0 N–H and O–H groups in total. The van der Waals surface area contributed by atoms with E-state index in [1.165, 1.54) is 6.07 Å². The second-order valence-corrected chi connectivity index (χ2v) is 10.5. The lowest BCUT2D eigenvalue weighted by molar-refractivity contribution is -0.385. The highest BCUT2D eigenvalue weighted by Gasteiger charge is 2.26. The Morgan fingerprint density at radius 1 is 0.905 bits per heavy atom. The zero-order valence-corrected chi connectivity index (χ0v) is 23.6. The molecule has 1 fully saturated rings. The van der Waals surface area contributed by atoms with Gasteiger partial charge in [-0.1, -0.05) is 54.6 Å². The Morgan fingerprint density at radius 2 is 1.64 bits per heavy atom. The minimum Gasteiger partial charge on any atom is -0.354 e. The molecular weight excluding hydrogens is 530 g/mol. The molecule has 3 aromatic carbocycles. The third kappa shape index (κ3) is 5.30. The van der Waals surface area contributed by atoms with E-state index in [4.69, 9.17) is 15.1 Å². The number of anilines is 1. The zero-order valence-electron chi connectivity index (χ0n) is 23.6. The maximum atomic E-state index is 13.4. The topological polar surface area (TPSA) is 110 Å². The van der Waals surface area contributed by atoms with Gasteiger partial charge in [-0.2, -0.15) is 5.10 Å². The number of para-hydroxylation sites is 1. The number of carbonyl (C=O) groups excluding carboxylic acids is 1. The van der Waals surface area contributed by atoms with E-state index in [2.05, 4.69) is 17.0 Å². The van der Waals surface area contributed by atoms with Crippen LogP contribution in [0.1, 0.15) is 39.4 Å². The number of aromatic nitrogens is 4. The molecule has 2 aromatic heterocycles. The summed E-state index contributed by atoms with van der Waals surface area (Å²) in [6, 6.07) is 24.8. The van der Waals surface area contributed by atoms with Crippen LogP contribution < -0.4 is 4.90 Å². The van der Waals surface area contributed by atoms with E-state index >= 15 is 0 Å². The number of aryl methyl sites for hydroxylation is 2. The number of rotatable bonds is 6. The molecule has 42 heavy (non-hydrogen) atoms. The van der Waals surface area contributed by atoms with E-state index < -0.39 is 4.92 Å². The van der Waals surface area contributed by atoms with E-state index in [0.717, 1.165) is 40.2 Å². The fraction of sp³-hybridized carbons (Fsp3) is 0.250. The fourth-order valence-corrected chi connectivity index (χ4v) is 5.50. The molecule has 10 heteroatoms. The highest BCUT2D eigenvalue weighted by Crippen LogP contribution is 2.30. The number of nitro groups is 1. The summed E-state index contributed by atoms with van der Waals surface area (Å²) in [6.07, 6.45) is 1.30. The van der Waals surface area contributed by atoms with Crippen LogP contribution in [0.3, 0.4) is 0 Å². The molecule has 212 valence electrons. The van der Waals surface area contributed by atoms with Crippen molar-refractivity contribution in [3.05, 3.63) is 117 Å². The molecule has 1 amide bonds. The van der Waals surface area contributed by atoms with Crippen molar-refractivity contribution in [1.29, 1.82) is 0 Å². The summed E-state index contributed by atoms with van der Waals surface area (Å²) in [5, 5.41) is 17.2. The van der Waals surface area contributed by atoms with Crippen molar-refractivity contribution in [2.45, 2.75) is 26.7 Å². The number of fused-ring (bicyclic) bond motifs is 1. The quantitative estimate of drug-likeness (QED) is 0.205. The number of amides is 1. The fourth-order valence-electron chi connectivity index (χ4n) is 5.50. The Balaban J connectivity index is 1.35. The van der Waals surface area contributed by atoms with Gasteiger partial charge in [-0.3, -0.25) is 14.9 Å². The van der Waals surface area contributed by atoms with Crippen LogP contribution in [0.4, 0.5) is 11.5 Å². The smallest absolute Gasteiger partial charge is 0.273 e. The van der Waals surface area contributed by atoms with Crippen molar-refractivity contribution in [2.75, 3.05) is 31.1 Å². The molecule has 0 aliphatic carbocycles. The summed E-state index contributed by atoms with van der Waals surface area (Å²) in [5.41, 5.74) is 4.44. The lowest BCUT2D eigenvalue weighted by Gasteiger charge is -2.24. The van der Waals surface area contributed by atoms with Crippen LogP contribution in [-0.4, -0.2) is 61.7 Å². The Morgan fingerprint density at radius 3 is 2.38 bits per heavy atom. The first kappa shape index (κ1) is 27.1. The summed E-state index contributed by atoms with van der Waals surface area (Å²) < 4.78 is 1.88. The zero-order chi connectivity index (χ0) is 29.2. The van der Waals surface area contributed by atoms with Gasteiger partial charge in [0.05, 0.1) is 21.7 Å². The minimum atomic E-state index is -0.443. The van der Waals surface area contributed by atoms with E-state index in [1.807, 2.05) is 60.1 Å². The number of hydrogen-bond acceptors (Lipinski definition) is 7. The summed E-state index contributed by atoms with van der Waals surface area (Å²) in [7, 11) is 0. The summed E-state index contributed by atoms with van der Waals surface area (Å²) >= 11 is 0. The van der Waals surface area contributed by atoms with Crippen LogP contribution in [0.15, 0.2) is 78.9 Å². The predicted molar refractivity (Wildman–Crippen MR) is 161 cm³/mol. The van der Waals surface area contributed by atoms with Gasteiger partial charge in [0, 0.05) is 49.8 Å². The van der Waals surface area contributed by atoms with Gasteiger partial charge in [0.1, 0.15) is 11.6 Å². The Hall–Kier alpha value is -5.12. The van der Waals surface area contributed by atoms with Crippen molar-refractivity contribution in [1.82, 2.24) is 24.6 Å². The monoisotopic (exact) mass is 561 g/mol. The van der Waals surface area contributed by atoms with Crippen LogP contribution in [0.5, 0.6) is 0 Å². The highest BCUT2D eigenvalue weighted by atomic mass is 16.6. The second kappa shape index (κ2) is 11.4. The molecule has 0 bridgehead atoms. The third-order valence-corrected chi connectivity index (χ3v) is 7.67. The van der Waals surface area contributed by atoms with Crippen LogP contribution >= 0.6 is 0 Å². The van der Waals surface area contributed by atoms with Gasteiger partial charge in [0.2, 0.25) is 0 Å². The molecule has 0 spiro atoms. The summed E-state index contributed by atoms with van der Waals surface area (Å²) in [5.74, 6) is 1.31. The average Bonchev–Trinajstić information content (AvgIpc) is 3.16. The average molecular weight is 562 g/mol. The number of nitrogens with zero attached hydrogens (tertiary/aromatic N) is 7. The van der Waals surface area contributed by atoms with Crippen LogP contribution in [0.2, 0.25) is 0 Å². The highest BCUT2D eigenvalue weighted by molar-refractivity contribution is 5.95. The third-order valence-electron chi connectivity index (χ3n) is 7.67. The van der Waals surface area contributed by atoms with E-state index in [9.17, 15) is 14.9 Å². The van der Waals surface area contributed by atoms with Gasteiger partial charge in [-0.25, -0.2) is 14.6 Å². The Kier molecular flexibility index (Phi) is 7.35. The maximum Gasteiger partial charge on any atom is 0.273 e. The molecule has 0 unspecified atom stereocenters. The standard InChI is InChI=1S/C32H31N7O3/c1-22-14-15-25(21-27(22)39(41)42)32(40)37-17-9-16-36(18-19-37)30-29-23(2)35-38(26-12-7-4-8-13-26)31(29)34-28(33-30)20-24-10-5-3-6-11-24/h3-8,10-15,21H,9,16-20H2,1-2H3. The van der Waals surface area contributed by atoms with Crippen molar-refractivity contribution in [3.63, 3.8) is 0 Å². The molecule has 6 rings (SSSR count). The molecule has 1 aliphatic rings. The number of hydrogen-bond donors (Lipinski definition) is 0. The molecule has 3 heterocycles. The van der Waals surface area contributed by atoms with Gasteiger partial charge in [-0.15, -0.1) is 0 Å². The van der Waals surface area contributed by atoms with E-state index in [1.54, 1.807) is 24.0 Å². The summed E-state index contributed by atoms with van der Waals surface area (Å²) in [4.78, 5) is 38.5. The van der Waals surface area contributed by atoms with Crippen molar-refractivity contribution in [2.24, 2.45) is 0 Å². The SMILES string of the molecule is Cc1ccc(C(=O)N2CCCN(c3nc(Cc4ccccc4)nc4c3c(C)nn4-c3ccccc3)CC2)cc1[N+](=O)[O-]. The Bertz CT molecular complexity index is 1770. The molecule has 0 radical (unpaired) electrons. The normalized spacial score (nSPS) is 13.8. The van der Waals surface area contributed by atoms with Gasteiger partial charge >= 0.3 is 0 Å². The summed E-state index contributed by atoms with van der Waals surface area (Å²) in [6.45, 7) is 5.92. The van der Waals surface area contributed by atoms with Gasteiger partial charge < -0.3 is 9.80 Å².